The predicted molar refractivity (Wildman–Crippen MR) is 66.0 cm³/mol. The van der Waals surface area contributed by atoms with E-state index in [9.17, 15) is 0 Å². The summed E-state index contributed by atoms with van der Waals surface area (Å²) in [6.45, 7) is 2.01. The molecule has 0 aliphatic carbocycles. The van der Waals surface area contributed by atoms with Gasteiger partial charge in [-0.1, -0.05) is 15.9 Å². The second-order valence-electron chi connectivity index (χ2n) is 3.69. The Morgan fingerprint density at radius 1 is 1.13 bits per heavy atom. The zero-order valence-electron chi connectivity index (χ0n) is 8.21. The Morgan fingerprint density at radius 3 is 2.80 bits per heavy atom. The highest BCUT2D eigenvalue weighted by Gasteiger charge is 2.04. The van der Waals surface area contributed by atoms with Crippen LogP contribution in [0.1, 0.15) is 5.69 Å². The maximum atomic E-state index is 4.28. The van der Waals surface area contributed by atoms with Crippen molar-refractivity contribution in [1.29, 1.82) is 0 Å². The van der Waals surface area contributed by atoms with Crippen molar-refractivity contribution in [2.45, 2.75) is 6.92 Å². The maximum absolute atomic E-state index is 4.28. The second kappa shape index (κ2) is 3.07. The van der Waals surface area contributed by atoms with Crippen molar-refractivity contribution >= 4 is 37.7 Å². The fourth-order valence-electron chi connectivity index (χ4n) is 1.88. The first-order valence-electron chi connectivity index (χ1n) is 4.77. The molecule has 1 aromatic carbocycles. The minimum absolute atomic E-state index is 1.04. The molecule has 2 heterocycles. The van der Waals surface area contributed by atoms with Gasteiger partial charge in [-0.15, -0.1) is 0 Å². The number of rotatable bonds is 0. The van der Waals surface area contributed by atoms with Gasteiger partial charge in [0.15, 0.2) is 0 Å². The van der Waals surface area contributed by atoms with Crippen LogP contribution in [0.3, 0.4) is 0 Å². The average Bonchev–Trinajstić information content (AvgIpc) is 2.56. The van der Waals surface area contributed by atoms with Crippen molar-refractivity contribution in [1.82, 2.24) is 9.97 Å². The van der Waals surface area contributed by atoms with Crippen LogP contribution in [0.25, 0.3) is 21.8 Å². The Hall–Kier alpha value is -1.35. The number of aromatic amines is 1. The number of nitrogens with one attached hydrogen (secondary N) is 1. The molecular weight excluding hydrogens is 252 g/mol. The zero-order chi connectivity index (χ0) is 10.4. The van der Waals surface area contributed by atoms with Gasteiger partial charge in [0.2, 0.25) is 0 Å². The van der Waals surface area contributed by atoms with Crippen molar-refractivity contribution < 1.29 is 0 Å². The van der Waals surface area contributed by atoms with Crippen LogP contribution in [0.5, 0.6) is 0 Å². The van der Waals surface area contributed by atoms with Gasteiger partial charge in [-0.25, -0.2) is 0 Å². The molecule has 0 amide bonds. The molecule has 0 bridgehead atoms. The molecule has 0 radical (unpaired) electrons. The molecule has 3 heteroatoms. The third-order valence-electron chi connectivity index (χ3n) is 2.58. The summed E-state index contributed by atoms with van der Waals surface area (Å²) in [6, 6.07) is 8.36. The molecule has 15 heavy (non-hydrogen) atoms. The number of nitrogens with zero attached hydrogens (tertiary/aromatic N) is 1. The lowest BCUT2D eigenvalue weighted by atomic mass is 10.2. The Kier molecular flexibility index (Phi) is 1.83. The van der Waals surface area contributed by atoms with Gasteiger partial charge in [0, 0.05) is 26.5 Å². The molecule has 1 N–H and O–H groups in total. The lowest BCUT2D eigenvalue weighted by Crippen LogP contribution is -1.78. The highest BCUT2D eigenvalue weighted by atomic mass is 79.9. The number of H-pyrrole nitrogens is 1. The van der Waals surface area contributed by atoms with E-state index in [1.165, 1.54) is 10.8 Å². The molecule has 0 spiro atoms. The van der Waals surface area contributed by atoms with Crippen LogP contribution in [0.4, 0.5) is 0 Å². The highest BCUT2D eigenvalue weighted by molar-refractivity contribution is 9.10. The number of pyridine rings is 1. The Bertz CT molecular complexity index is 599. The zero-order valence-corrected chi connectivity index (χ0v) is 9.80. The summed E-state index contributed by atoms with van der Waals surface area (Å²) in [6.07, 6.45) is 1.89. The van der Waals surface area contributed by atoms with Crippen molar-refractivity contribution in [3.63, 3.8) is 0 Å². The van der Waals surface area contributed by atoms with Gasteiger partial charge in [-0.3, -0.25) is 4.98 Å². The van der Waals surface area contributed by atoms with Crippen LogP contribution in [0, 0.1) is 6.92 Å². The monoisotopic (exact) mass is 260 g/mol. The van der Waals surface area contributed by atoms with Crippen molar-refractivity contribution in [2.75, 3.05) is 0 Å². The molecule has 0 unspecified atom stereocenters. The van der Waals surface area contributed by atoms with E-state index in [1.54, 1.807) is 0 Å². The summed E-state index contributed by atoms with van der Waals surface area (Å²) in [5, 5.41) is 2.48. The van der Waals surface area contributed by atoms with E-state index >= 15 is 0 Å². The molecule has 3 rings (SSSR count). The number of aromatic nitrogens is 2. The minimum Gasteiger partial charge on any atom is -0.353 e. The van der Waals surface area contributed by atoms with Gasteiger partial charge < -0.3 is 4.98 Å². The molecule has 0 fully saturated rings. The van der Waals surface area contributed by atoms with E-state index in [2.05, 4.69) is 44.1 Å². The lowest BCUT2D eigenvalue weighted by molar-refractivity contribution is 1.22. The minimum atomic E-state index is 1.04. The Labute approximate surface area is 95.5 Å². The third-order valence-corrected chi connectivity index (χ3v) is 3.08. The first kappa shape index (κ1) is 8.92. The van der Waals surface area contributed by atoms with Gasteiger partial charge in [-0.05, 0) is 31.2 Å². The first-order valence-corrected chi connectivity index (χ1v) is 5.57. The second-order valence-corrected chi connectivity index (χ2v) is 4.60. The van der Waals surface area contributed by atoms with Gasteiger partial charge in [0.1, 0.15) is 0 Å². The quantitative estimate of drug-likeness (QED) is 0.655. The van der Waals surface area contributed by atoms with Gasteiger partial charge in [0.05, 0.1) is 11.7 Å². The first-order chi connectivity index (χ1) is 7.24. The van der Waals surface area contributed by atoms with E-state index in [-0.39, 0.29) is 0 Å². The largest absolute Gasteiger partial charge is 0.353 e. The van der Waals surface area contributed by atoms with Gasteiger partial charge >= 0.3 is 0 Å². The van der Waals surface area contributed by atoms with E-state index in [0.29, 0.717) is 0 Å². The van der Waals surface area contributed by atoms with Gasteiger partial charge in [0.25, 0.3) is 0 Å². The normalized spacial score (nSPS) is 11.3. The SMILES string of the molecule is Cc1cc2c(cn1)[nH]c1ccc(Br)cc12. The maximum Gasteiger partial charge on any atom is 0.0651 e. The summed E-state index contributed by atoms with van der Waals surface area (Å²) in [4.78, 5) is 7.63. The number of benzene rings is 1. The Balaban J connectivity index is 2.55. The van der Waals surface area contributed by atoms with E-state index in [0.717, 1.165) is 21.2 Å². The number of fused-ring (bicyclic) bond motifs is 3. The third kappa shape index (κ3) is 1.35. The van der Waals surface area contributed by atoms with E-state index < -0.39 is 0 Å². The number of halogens is 1. The molecule has 0 aliphatic rings. The standard InChI is InChI=1S/C12H9BrN2/c1-7-4-9-10-5-8(13)2-3-11(10)15-12(9)6-14-7/h2-6,15H,1H3. The van der Waals surface area contributed by atoms with Crippen molar-refractivity contribution in [2.24, 2.45) is 0 Å². The van der Waals surface area contributed by atoms with Crippen molar-refractivity contribution in [3.05, 3.63) is 40.6 Å². The molecule has 0 aliphatic heterocycles. The summed E-state index contributed by atoms with van der Waals surface area (Å²) < 4.78 is 1.10. The van der Waals surface area contributed by atoms with Crippen LogP contribution >= 0.6 is 15.9 Å². The molecular formula is C12H9BrN2. The Morgan fingerprint density at radius 2 is 1.93 bits per heavy atom. The van der Waals surface area contributed by atoms with E-state index in [1.807, 2.05) is 19.2 Å². The smallest absolute Gasteiger partial charge is 0.0651 e. The van der Waals surface area contributed by atoms with Crippen LogP contribution < -0.4 is 0 Å². The van der Waals surface area contributed by atoms with E-state index in [4.69, 9.17) is 0 Å². The summed E-state index contributed by atoms with van der Waals surface area (Å²) in [5.41, 5.74) is 3.29. The molecule has 2 aromatic heterocycles. The lowest BCUT2D eigenvalue weighted by Gasteiger charge is -1.93. The molecule has 0 saturated carbocycles. The molecule has 2 nitrogen and oxygen atoms in total. The highest BCUT2D eigenvalue weighted by Crippen LogP contribution is 2.27. The van der Waals surface area contributed by atoms with Crippen LogP contribution in [-0.4, -0.2) is 9.97 Å². The molecule has 0 saturated heterocycles. The fourth-order valence-corrected chi connectivity index (χ4v) is 2.24. The summed E-state index contributed by atoms with van der Waals surface area (Å²) >= 11 is 3.49. The van der Waals surface area contributed by atoms with Crippen LogP contribution in [-0.2, 0) is 0 Å². The molecule has 74 valence electrons. The number of hydrogen-bond acceptors (Lipinski definition) is 1. The van der Waals surface area contributed by atoms with Crippen LogP contribution in [0.2, 0.25) is 0 Å². The number of hydrogen-bond donors (Lipinski definition) is 1. The molecule has 3 aromatic rings. The van der Waals surface area contributed by atoms with Crippen LogP contribution in [0.15, 0.2) is 34.9 Å². The topological polar surface area (TPSA) is 28.7 Å². The average molecular weight is 261 g/mol. The predicted octanol–water partition coefficient (Wildman–Crippen LogP) is 3.79. The van der Waals surface area contributed by atoms with Gasteiger partial charge in [-0.2, -0.15) is 0 Å². The molecule has 0 atom stereocenters. The number of aryl methyl sites for hydroxylation is 1. The van der Waals surface area contributed by atoms with Crippen molar-refractivity contribution in [3.8, 4) is 0 Å². The summed E-state index contributed by atoms with van der Waals surface area (Å²) in [7, 11) is 0. The summed E-state index contributed by atoms with van der Waals surface area (Å²) in [5.74, 6) is 0. The fraction of sp³-hybridized carbons (Fsp3) is 0.0833.